The van der Waals surface area contributed by atoms with Crippen LogP contribution in [0.2, 0.25) is 0 Å². The Kier molecular flexibility index (Phi) is 5.71. The summed E-state index contributed by atoms with van der Waals surface area (Å²) >= 11 is 0. The SMILES string of the molecule is CC(C)(C)C(=O)Nc1ccc(C(=O)COC(=O)c2cccc[n+]2[O-])cc1. The lowest BCUT2D eigenvalue weighted by molar-refractivity contribution is -0.608. The van der Waals surface area contributed by atoms with Crippen LogP contribution >= 0.6 is 0 Å². The number of aromatic nitrogens is 1. The molecule has 7 heteroatoms. The van der Waals surface area contributed by atoms with E-state index in [1.165, 1.54) is 36.5 Å². The second-order valence-corrected chi connectivity index (χ2v) is 6.69. The van der Waals surface area contributed by atoms with Crippen molar-refractivity contribution in [1.82, 2.24) is 0 Å². The molecule has 1 aromatic heterocycles. The average molecular weight is 356 g/mol. The molecule has 0 bridgehead atoms. The second-order valence-electron chi connectivity index (χ2n) is 6.69. The molecule has 0 radical (unpaired) electrons. The predicted octanol–water partition coefficient (Wildman–Crippen LogP) is 2.34. The number of pyridine rings is 1. The quantitative estimate of drug-likeness (QED) is 0.384. The van der Waals surface area contributed by atoms with E-state index in [0.717, 1.165) is 0 Å². The maximum Gasteiger partial charge on any atom is 0.405 e. The highest BCUT2D eigenvalue weighted by atomic mass is 16.5. The number of ketones is 1. The fraction of sp³-hybridized carbons (Fsp3) is 0.263. The zero-order valence-electron chi connectivity index (χ0n) is 14.8. The van der Waals surface area contributed by atoms with Crippen molar-refractivity contribution in [2.75, 3.05) is 11.9 Å². The largest absolute Gasteiger partial charge is 0.618 e. The Labute approximate surface area is 151 Å². The Bertz CT molecular complexity index is 823. The summed E-state index contributed by atoms with van der Waals surface area (Å²) < 4.78 is 5.26. The van der Waals surface area contributed by atoms with Crippen LogP contribution in [0.3, 0.4) is 0 Å². The van der Waals surface area contributed by atoms with Crippen LogP contribution < -0.4 is 10.0 Å². The van der Waals surface area contributed by atoms with Crippen molar-refractivity contribution in [3.8, 4) is 0 Å². The molecule has 0 saturated heterocycles. The minimum atomic E-state index is -0.872. The van der Waals surface area contributed by atoms with Gasteiger partial charge in [-0.15, -0.1) is 0 Å². The van der Waals surface area contributed by atoms with Crippen molar-refractivity contribution in [1.29, 1.82) is 0 Å². The molecule has 0 atom stereocenters. The number of amides is 1. The number of carbonyl (C=O) groups excluding carboxylic acids is 3. The number of carbonyl (C=O) groups is 3. The van der Waals surface area contributed by atoms with Gasteiger partial charge in [-0.3, -0.25) is 9.59 Å². The van der Waals surface area contributed by atoms with E-state index in [9.17, 15) is 19.6 Å². The molecule has 136 valence electrons. The van der Waals surface area contributed by atoms with Crippen LogP contribution in [0.5, 0.6) is 0 Å². The summed E-state index contributed by atoms with van der Waals surface area (Å²) in [4.78, 5) is 35.9. The summed E-state index contributed by atoms with van der Waals surface area (Å²) in [5.41, 5.74) is 0.170. The van der Waals surface area contributed by atoms with Crippen LogP contribution in [0.25, 0.3) is 0 Å². The summed E-state index contributed by atoms with van der Waals surface area (Å²) in [5.74, 6) is -1.43. The number of rotatable bonds is 5. The molecule has 1 aromatic carbocycles. The fourth-order valence-electron chi connectivity index (χ4n) is 1.93. The first-order chi connectivity index (χ1) is 12.2. The Balaban J connectivity index is 1.95. The van der Waals surface area contributed by atoms with Crippen LogP contribution in [0.15, 0.2) is 48.7 Å². The Morgan fingerprint density at radius 3 is 2.31 bits per heavy atom. The van der Waals surface area contributed by atoms with Gasteiger partial charge < -0.3 is 15.3 Å². The zero-order valence-corrected chi connectivity index (χ0v) is 14.8. The molecule has 2 aromatic rings. The first kappa shape index (κ1) is 19.1. The Hall–Kier alpha value is -3.22. The Morgan fingerprint density at radius 2 is 1.73 bits per heavy atom. The number of Topliss-reactive ketones (excluding diaryl/α,β-unsaturated/α-hetero) is 1. The topological polar surface area (TPSA) is 99.4 Å². The number of hydrogen-bond acceptors (Lipinski definition) is 5. The average Bonchev–Trinajstić information content (AvgIpc) is 2.59. The summed E-state index contributed by atoms with van der Waals surface area (Å²) in [5, 5.41) is 14.2. The van der Waals surface area contributed by atoms with Gasteiger partial charge in [-0.2, -0.15) is 4.73 Å². The van der Waals surface area contributed by atoms with Crippen molar-refractivity contribution in [3.63, 3.8) is 0 Å². The highest BCUT2D eigenvalue weighted by Crippen LogP contribution is 2.18. The third-order valence-electron chi connectivity index (χ3n) is 3.51. The number of hydrogen-bond donors (Lipinski definition) is 1. The van der Waals surface area contributed by atoms with Crippen molar-refractivity contribution < 1.29 is 23.9 Å². The molecule has 0 unspecified atom stereocenters. The van der Waals surface area contributed by atoms with Crippen LogP contribution in [0.1, 0.15) is 41.6 Å². The first-order valence-corrected chi connectivity index (χ1v) is 7.98. The minimum absolute atomic E-state index is 0.140. The molecule has 1 heterocycles. The zero-order chi connectivity index (χ0) is 19.3. The van der Waals surface area contributed by atoms with E-state index in [4.69, 9.17) is 4.74 Å². The number of esters is 1. The van der Waals surface area contributed by atoms with Crippen LogP contribution in [-0.4, -0.2) is 24.3 Å². The summed E-state index contributed by atoms with van der Waals surface area (Å²) in [6, 6.07) is 10.6. The van der Waals surface area contributed by atoms with E-state index in [1.54, 1.807) is 32.9 Å². The van der Waals surface area contributed by atoms with Gasteiger partial charge >= 0.3 is 11.7 Å². The molecule has 0 aliphatic carbocycles. The number of ether oxygens (including phenoxy) is 1. The normalized spacial score (nSPS) is 10.9. The molecular formula is C19H20N2O5. The highest BCUT2D eigenvalue weighted by Gasteiger charge is 2.21. The van der Waals surface area contributed by atoms with Gasteiger partial charge in [-0.25, -0.2) is 4.79 Å². The van der Waals surface area contributed by atoms with Gasteiger partial charge in [0.25, 0.3) is 0 Å². The van der Waals surface area contributed by atoms with Gasteiger partial charge in [0.05, 0.1) is 0 Å². The molecule has 1 N–H and O–H groups in total. The predicted molar refractivity (Wildman–Crippen MR) is 94.5 cm³/mol. The number of anilines is 1. The van der Waals surface area contributed by atoms with Crippen molar-refractivity contribution in [2.45, 2.75) is 20.8 Å². The van der Waals surface area contributed by atoms with Gasteiger partial charge in [0, 0.05) is 28.8 Å². The van der Waals surface area contributed by atoms with E-state index < -0.39 is 23.8 Å². The maximum atomic E-state index is 12.1. The molecule has 0 saturated carbocycles. The van der Waals surface area contributed by atoms with Gasteiger partial charge in [-0.05, 0) is 30.3 Å². The second kappa shape index (κ2) is 7.77. The first-order valence-electron chi connectivity index (χ1n) is 7.98. The Morgan fingerprint density at radius 1 is 1.08 bits per heavy atom. The minimum Gasteiger partial charge on any atom is -0.618 e. The van der Waals surface area contributed by atoms with Gasteiger partial charge in [0.15, 0.2) is 18.6 Å². The van der Waals surface area contributed by atoms with Gasteiger partial charge in [0.2, 0.25) is 5.91 Å². The number of nitrogens with zero attached hydrogens (tertiary/aromatic N) is 1. The van der Waals surface area contributed by atoms with E-state index in [-0.39, 0.29) is 11.6 Å². The van der Waals surface area contributed by atoms with E-state index >= 15 is 0 Å². The van der Waals surface area contributed by atoms with Crippen LogP contribution in [0, 0.1) is 10.6 Å². The smallest absolute Gasteiger partial charge is 0.405 e. The molecule has 0 fully saturated rings. The lowest BCUT2D eigenvalue weighted by Gasteiger charge is -2.17. The lowest BCUT2D eigenvalue weighted by Crippen LogP contribution is -2.35. The standard InChI is InChI=1S/C19H20N2O5/c1-19(2,3)18(24)20-14-9-7-13(8-10-14)16(22)12-26-17(23)15-6-4-5-11-21(15)25/h4-11H,12H2,1-3H3,(H,20,24). The molecular weight excluding hydrogens is 336 g/mol. The summed E-state index contributed by atoms with van der Waals surface area (Å²) in [7, 11) is 0. The molecule has 2 rings (SSSR count). The molecule has 1 amide bonds. The van der Waals surface area contributed by atoms with Crippen LogP contribution in [0.4, 0.5) is 5.69 Å². The van der Waals surface area contributed by atoms with Crippen LogP contribution in [-0.2, 0) is 9.53 Å². The molecule has 7 nitrogen and oxygen atoms in total. The monoisotopic (exact) mass is 356 g/mol. The fourth-order valence-corrected chi connectivity index (χ4v) is 1.93. The van der Waals surface area contributed by atoms with Gasteiger partial charge in [0.1, 0.15) is 0 Å². The highest BCUT2D eigenvalue weighted by molar-refractivity contribution is 6.00. The van der Waals surface area contributed by atoms with Gasteiger partial charge in [-0.1, -0.05) is 20.8 Å². The van der Waals surface area contributed by atoms with Crippen molar-refractivity contribution in [3.05, 3.63) is 65.1 Å². The molecule has 26 heavy (non-hydrogen) atoms. The molecule has 0 aliphatic rings. The van der Waals surface area contributed by atoms with E-state index in [1.807, 2.05) is 0 Å². The summed E-state index contributed by atoms with van der Waals surface area (Å²) in [6.45, 7) is 4.91. The molecule has 0 spiro atoms. The lowest BCUT2D eigenvalue weighted by atomic mass is 9.95. The van der Waals surface area contributed by atoms with E-state index in [0.29, 0.717) is 16.0 Å². The van der Waals surface area contributed by atoms with E-state index in [2.05, 4.69) is 5.32 Å². The maximum absolute atomic E-state index is 12.1. The number of nitrogens with one attached hydrogen (secondary N) is 1. The third kappa shape index (κ3) is 4.89. The third-order valence-corrected chi connectivity index (χ3v) is 3.51. The van der Waals surface area contributed by atoms with Crippen molar-refractivity contribution >= 4 is 23.3 Å². The molecule has 0 aliphatic heterocycles. The summed E-state index contributed by atoms with van der Waals surface area (Å²) in [6.07, 6.45) is 1.17. The van der Waals surface area contributed by atoms with Crippen molar-refractivity contribution in [2.24, 2.45) is 5.41 Å². The number of benzene rings is 1.